The number of carbonyl (C=O) groups excluding carboxylic acids is 1. The molecule has 0 bridgehead atoms. The lowest BCUT2D eigenvalue weighted by Gasteiger charge is -2.29. The minimum Gasteiger partial charge on any atom is -0.395 e. The van der Waals surface area contributed by atoms with E-state index in [1.165, 1.54) is 5.56 Å². The summed E-state index contributed by atoms with van der Waals surface area (Å²) < 4.78 is 1.58. The molecule has 2 aliphatic rings. The summed E-state index contributed by atoms with van der Waals surface area (Å²) in [4.78, 5) is 17.3. The van der Waals surface area contributed by atoms with Gasteiger partial charge in [-0.15, -0.1) is 0 Å². The number of amides is 1. The molecule has 1 aromatic carbocycles. The van der Waals surface area contributed by atoms with Crippen molar-refractivity contribution >= 4 is 17.5 Å². The van der Waals surface area contributed by atoms with Gasteiger partial charge in [0.25, 0.3) is 5.91 Å². The molecule has 0 spiro atoms. The van der Waals surface area contributed by atoms with E-state index < -0.39 is 0 Å². The summed E-state index contributed by atoms with van der Waals surface area (Å²) in [6.45, 7) is 4.16. The van der Waals surface area contributed by atoms with Crippen molar-refractivity contribution in [3.05, 3.63) is 52.8 Å². The Morgan fingerprint density at radius 3 is 2.75 bits per heavy atom. The van der Waals surface area contributed by atoms with Crippen LogP contribution in [0.3, 0.4) is 0 Å². The van der Waals surface area contributed by atoms with Crippen LogP contribution in [0.1, 0.15) is 22.5 Å². The lowest BCUT2D eigenvalue weighted by atomic mass is 9.76. The average molecular weight is 403 g/mol. The monoisotopic (exact) mass is 402 g/mol. The minimum atomic E-state index is -0.0761. The summed E-state index contributed by atoms with van der Waals surface area (Å²) in [5.41, 5.74) is 1.73. The normalized spacial score (nSPS) is 24.7. The van der Waals surface area contributed by atoms with E-state index in [2.05, 4.69) is 34.3 Å². The number of aliphatic hydroxyl groups is 1. The standard InChI is InChI=1S/C21H27ClN4O2/c1-24-13-18(22)19(23-24)20(28)26-12-17-11-25(9-10-27)14-21(17,15-26)8-7-16-5-3-2-4-6-16/h2-6,13,17,27H,7-12,14-15H2,1H3/t17-,21+/m0/s1. The van der Waals surface area contributed by atoms with E-state index in [1.54, 1.807) is 17.9 Å². The molecule has 1 aromatic heterocycles. The third-order valence-electron chi connectivity index (χ3n) is 6.27. The molecular formula is C21H27ClN4O2. The van der Waals surface area contributed by atoms with E-state index in [1.807, 2.05) is 11.0 Å². The fraction of sp³-hybridized carbons (Fsp3) is 0.524. The summed E-state index contributed by atoms with van der Waals surface area (Å²) in [7, 11) is 1.77. The maximum absolute atomic E-state index is 13.0. The van der Waals surface area contributed by atoms with Crippen molar-refractivity contribution in [2.75, 3.05) is 39.3 Å². The Hall–Kier alpha value is -1.89. The fourth-order valence-corrected chi connectivity index (χ4v) is 5.17. The number of carbonyl (C=O) groups is 1. The third kappa shape index (κ3) is 3.69. The van der Waals surface area contributed by atoms with Crippen molar-refractivity contribution in [3.63, 3.8) is 0 Å². The van der Waals surface area contributed by atoms with Gasteiger partial charge in [0.2, 0.25) is 0 Å². The molecule has 2 aromatic rings. The number of aliphatic hydroxyl groups excluding tert-OH is 1. The zero-order chi connectivity index (χ0) is 19.7. The number of halogens is 1. The molecule has 1 amide bonds. The number of hydrogen-bond donors (Lipinski definition) is 1. The SMILES string of the molecule is Cn1cc(Cl)c(C(=O)N2C[C@@H]3CN(CCO)C[C@]3(CCc3ccccc3)C2)n1. The summed E-state index contributed by atoms with van der Waals surface area (Å²) in [6.07, 6.45) is 3.69. The summed E-state index contributed by atoms with van der Waals surface area (Å²) in [5.74, 6) is 0.335. The quantitative estimate of drug-likeness (QED) is 0.803. The van der Waals surface area contributed by atoms with E-state index in [0.717, 1.165) is 39.0 Å². The maximum atomic E-state index is 13.0. The number of aryl methyl sites for hydroxylation is 2. The number of benzene rings is 1. The molecule has 2 saturated heterocycles. The second-order valence-electron chi connectivity index (χ2n) is 8.19. The number of rotatable bonds is 6. The lowest BCUT2D eigenvalue weighted by molar-refractivity contribution is 0.0746. The van der Waals surface area contributed by atoms with Crippen molar-refractivity contribution in [1.29, 1.82) is 0 Å². The number of fused-ring (bicyclic) bond motifs is 1. The number of hydrogen-bond acceptors (Lipinski definition) is 4. The lowest BCUT2D eigenvalue weighted by Crippen LogP contribution is -2.38. The van der Waals surface area contributed by atoms with Crippen molar-refractivity contribution in [2.45, 2.75) is 12.8 Å². The molecule has 28 heavy (non-hydrogen) atoms. The van der Waals surface area contributed by atoms with Gasteiger partial charge in [-0.25, -0.2) is 0 Å². The van der Waals surface area contributed by atoms with Crippen LogP contribution in [-0.2, 0) is 13.5 Å². The Labute approximate surface area is 170 Å². The third-order valence-corrected chi connectivity index (χ3v) is 6.55. The number of aromatic nitrogens is 2. The van der Waals surface area contributed by atoms with Crippen LogP contribution in [0.2, 0.25) is 5.02 Å². The van der Waals surface area contributed by atoms with E-state index >= 15 is 0 Å². The highest BCUT2D eigenvalue weighted by atomic mass is 35.5. The second kappa shape index (κ2) is 7.85. The molecular weight excluding hydrogens is 376 g/mol. The number of nitrogens with zero attached hydrogens (tertiary/aromatic N) is 4. The molecule has 150 valence electrons. The van der Waals surface area contributed by atoms with Gasteiger partial charge in [0.05, 0.1) is 11.6 Å². The molecule has 0 radical (unpaired) electrons. The highest BCUT2D eigenvalue weighted by molar-refractivity contribution is 6.33. The van der Waals surface area contributed by atoms with Gasteiger partial charge in [-0.05, 0) is 24.3 Å². The van der Waals surface area contributed by atoms with Crippen molar-refractivity contribution in [1.82, 2.24) is 19.6 Å². The van der Waals surface area contributed by atoms with Crippen molar-refractivity contribution in [3.8, 4) is 0 Å². The summed E-state index contributed by atoms with van der Waals surface area (Å²) in [6, 6.07) is 10.5. The number of β-amino-alcohol motifs (C(OH)–C–C–N with tert-alkyl or cyclic N) is 1. The zero-order valence-corrected chi connectivity index (χ0v) is 17.0. The zero-order valence-electron chi connectivity index (χ0n) is 16.2. The van der Waals surface area contributed by atoms with Crippen LogP contribution in [0, 0.1) is 11.3 Å². The predicted molar refractivity (Wildman–Crippen MR) is 108 cm³/mol. The Bertz CT molecular complexity index is 840. The first-order chi connectivity index (χ1) is 13.5. The average Bonchev–Trinajstić information content (AvgIpc) is 3.30. The van der Waals surface area contributed by atoms with Gasteiger partial charge in [-0.2, -0.15) is 5.10 Å². The van der Waals surface area contributed by atoms with Gasteiger partial charge in [0.1, 0.15) is 0 Å². The molecule has 0 aliphatic carbocycles. The molecule has 0 unspecified atom stereocenters. The van der Waals surface area contributed by atoms with Crippen LogP contribution >= 0.6 is 11.6 Å². The first kappa shape index (κ1) is 19.4. The Morgan fingerprint density at radius 2 is 2.07 bits per heavy atom. The van der Waals surface area contributed by atoms with Crippen molar-refractivity contribution in [2.24, 2.45) is 18.4 Å². The van der Waals surface area contributed by atoms with Gasteiger partial charge in [0.15, 0.2) is 5.69 Å². The molecule has 2 aliphatic heterocycles. The number of likely N-dealkylation sites (tertiary alicyclic amines) is 2. The van der Waals surface area contributed by atoms with Crippen LogP contribution in [-0.4, -0.2) is 69.9 Å². The highest BCUT2D eigenvalue weighted by Crippen LogP contribution is 2.46. The van der Waals surface area contributed by atoms with Gasteiger partial charge in [-0.3, -0.25) is 9.48 Å². The Balaban J connectivity index is 1.52. The Kier molecular flexibility index (Phi) is 5.45. The fourth-order valence-electron chi connectivity index (χ4n) is 4.91. The molecule has 4 rings (SSSR count). The van der Waals surface area contributed by atoms with E-state index in [-0.39, 0.29) is 17.9 Å². The van der Waals surface area contributed by atoms with E-state index in [4.69, 9.17) is 11.6 Å². The van der Waals surface area contributed by atoms with Crippen LogP contribution in [0.15, 0.2) is 36.5 Å². The predicted octanol–water partition coefficient (Wildman–Crippen LogP) is 2.07. The first-order valence-corrected chi connectivity index (χ1v) is 10.2. The van der Waals surface area contributed by atoms with Crippen LogP contribution in [0.25, 0.3) is 0 Å². The molecule has 7 heteroatoms. The smallest absolute Gasteiger partial charge is 0.275 e. The molecule has 6 nitrogen and oxygen atoms in total. The van der Waals surface area contributed by atoms with Gasteiger partial charge in [0, 0.05) is 51.4 Å². The van der Waals surface area contributed by atoms with Gasteiger partial charge in [-0.1, -0.05) is 41.9 Å². The van der Waals surface area contributed by atoms with Crippen LogP contribution in [0.4, 0.5) is 0 Å². The second-order valence-corrected chi connectivity index (χ2v) is 8.60. The largest absolute Gasteiger partial charge is 0.395 e. The summed E-state index contributed by atoms with van der Waals surface area (Å²) >= 11 is 6.21. The maximum Gasteiger partial charge on any atom is 0.275 e. The molecule has 2 fully saturated rings. The molecule has 2 atom stereocenters. The molecule has 1 N–H and O–H groups in total. The van der Waals surface area contributed by atoms with E-state index in [9.17, 15) is 9.90 Å². The molecule has 0 saturated carbocycles. The van der Waals surface area contributed by atoms with Gasteiger partial charge < -0.3 is 14.9 Å². The topological polar surface area (TPSA) is 61.6 Å². The van der Waals surface area contributed by atoms with Crippen molar-refractivity contribution < 1.29 is 9.90 Å². The van der Waals surface area contributed by atoms with Gasteiger partial charge >= 0.3 is 0 Å². The first-order valence-electron chi connectivity index (χ1n) is 9.86. The van der Waals surface area contributed by atoms with Crippen LogP contribution < -0.4 is 0 Å². The van der Waals surface area contributed by atoms with Crippen LogP contribution in [0.5, 0.6) is 0 Å². The summed E-state index contributed by atoms with van der Waals surface area (Å²) in [5, 5.41) is 14.0. The Morgan fingerprint density at radius 1 is 1.29 bits per heavy atom. The highest BCUT2D eigenvalue weighted by Gasteiger charge is 2.53. The minimum absolute atomic E-state index is 0.0575. The molecule has 3 heterocycles. The van der Waals surface area contributed by atoms with E-state index in [0.29, 0.717) is 23.2 Å².